The summed E-state index contributed by atoms with van der Waals surface area (Å²) >= 11 is 5.98. The molecule has 0 atom stereocenters. The molecule has 1 aliphatic carbocycles. The van der Waals surface area contributed by atoms with Crippen molar-refractivity contribution < 1.29 is 4.79 Å². The summed E-state index contributed by atoms with van der Waals surface area (Å²) < 4.78 is 0. The van der Waals surface area contributed by atoms with E-state index >= 15 is 0 Å². The van der Waals surface area contributed by atoms with Crippen LogP contribution in [0.15, 0.2) is 18.2 Å². The van der Waals surface area contributed by atoms with Crippen molar-refractivity contribution >= 4 is 28.5 Å². The number of aromatic amines is 1. The Hall–Kier alpha value is -1.59. The lowest BCUT2D eigenvalue weighted by Crippen LogP contribution is -2.39. The lowest BCUT2D eigenvalue weighted by molar-refractivity contribution is -0.120. The maximum absolute atomic E-state index is 12.2. The van der Waals surface area contributed by atoms with Gasteiger partial charge in [0, 0.05) is 18.1 Å². The summed E-state index contributed by atoms with van der Waals surface area (Å²) in [5.41, 5.74) is 1.72. The van der Waals surface area contributed by atoms with Crippen molar-refractivity contribution in [3.63, 3.8) is 0 Å². The van der Waals surface area contributed by atoms with Crippen molar-refractivity contribution in [3.05, 3.63) is 29.0 Å². The molecule has 0 unspecified atom stereocenters. The third kappa shape index (κ3) is 4.53. The second kappa shape index (κ2) is 7.34. The lowest BCUT2D eigenvalue weighted by atomic mass is 9.96. The highest BCUT2D eigenvalue weighted by Crippen LogP contribution is 2.31. The number of nitrogens with one attached hydrogen (secondary N) is 2. The first kappa shape index (κ1) is 16.9. The first-order valence-electron chi connectivity index (χ1n) is 9.29. The summed E-state index contributed by atoms with van der Waals surface area (Å²) in [5, 5.41) is 3.75. The maximum atomic E-state index is 12.2. The summed E-state index contributed by atoms with van der Waals surface area (Å²) in [6.45, 7) is 4.43. The van der Waals surface area contributed by atoms with E-state index in [-0.39, 0.29) is 12.3 Å². The number of halogens is 1. The molecule has 1 amide bonds. The molecule has 2 fully saturated rings. The van der Waals surface area contributed by atoms with Gasteiger partial charge in [-0.3, -0.25) is 4.79 Å². The first-order chi connectivity index (χ1) is 12.2. The molecule has 1 aliphatic heterocycles. The van der Waals surface area contributed by atoms with Crippen LogP contribution in [0.2, 0.25) is 5.02 Å². The summed E-state index contributed by atoms with van der Waals surface area (Å²) in [6, 6.07) is 5.51. The van der Waals surface area contributed by atoms with Crippen molar-refractivity contribution in [2.24, 2.45) is 11.8 Å². The van der Waals surface area contributed by atoms with E-state index in [9.17, 15) is 4.79 Å². The zero-order valence-corrected chi connectivity index (χ0v) is 15.2. The summed E-state index contributed by atoms with van der Waals surface area (Å²) in [6.07, 6.45) is 5.51. The highest BCUT2D eigenvalue weighted by atomic mass is 35.5. The third-order valence-corrected chi connectivity index (χ3v) is 5.56. The Kier molecular flexibility index (Phi) is 4.95. The second-order valence-electron chi connectivity index (χ2n) is 7.51. The van der Waals surface area contributed by atoms with Crippen LogP contribution in [0.5, 0.6) is 0 Å². The van der Waals surface area contributed by atoms with Crippen LogP contribution in [0, 0.1) is 11.8 Å². The predicted octanol–water partition coefficient (Wildman–Crippen LogP) is 3.00. The fourth-order valence-electron chi connectivity index (χ4n) is 3.63. The molecular formula is C19H25ClN4O. The topological polar surface area (TPSA) is 61.0 Å². The monoisotopic (exact) mass is 360 g/mol. The molecule has 0 spiro atoms. The Morgan fingerprint density at radius 1 is 1.24 bits per heavy atom. The number of likely N-dealkylation sites (tertiary alicyclic amines) is 1. The van der Waals surface area contributed by atoms with E-state index in [0.29, 0.717) is 16.8 Å². The van der Waals surface area contributed by atoms with E-state index < -0.39 is 0 Å². The summed E-state index contributed by atoms with van der Waals surface area (Å²) in [4.78, 5) is 22.4. The molecule has 6 heteroatoms. The third-order valence-electron chi connectivity index (χ3n) is 5.33. The quantitative estimate of drug-likeness (QED) is 0.832. The number of amides is 1. The lowest BCUT2D eigenvalue weighted by Gasteiger charge is -2.32. The number of carbonyl (C=O) groups excluding carboxylic acids is 1. The Labute approximate surface area is 153 Å². The average Bonchev–Trinajstić information content (AvgIpc) is 3.32. The van der Waals surface area contributed by atoms with E-state index in [2.05, 4.69) is 20.2 Å². The highest BCUT2D eigenvalue weighted by Gasteiger charge is 2.27. The van der Waals surface area contributed by atoms with Gasteiger partial charge in [-0.1, -0.05) is 11.6 Å². The van der Waals surface area contributed by atoms with Crippen LogP contribution in [0.4, 0.5) is 0 Å². The van der Waals surface area contributed by atoms with Gasteiger partial charge in [0.05, 0.1) is 17.5 Å². The normalized spacial score (nSPS) is 19.4. The SMILES string of the molecule is O=C(Cc1nc2ccc(Cl)cc2[nH]1)NCC1CCN(CC2CC2)CC1. The Morgan fingerprint density at radius 3 is 2.80 bits per heavy atom. The number of fused-ring (bicyclic) bond motifs is 1. The van der Waals surface area contributed by atoms with Gasteiger partial charge in [-0.05, 0) is 68.8 Å². The van der Waals surface area contributed by atoms with Gasteiger partial charge in [-0.25, -0.2) is 4.98 Å². The van der Waals surface area contributed by atoms with Gasteiger partial charge in [0.2, 0.25) is 5.91 Å². The van der Waals surface area contributed by atoms with E-state index in [1.807, 2.05) is 18.2 Å². The minimum absolute atomic E-state index is 0.0329. The van der Waals surface area contributed by atoms with Gasteiger partial charge in [-0.2, -0.15) is 0 Å². The molecule has 134 valence electrons. The van der Waals surface area contributed by atoms with Crippen LogP contribution < -0.4 is 5.32 Å². The van der Waals surface area contributed by atoms with Gasteiger partial charge < -0.3 is 15.2 Å². The first-order valence-corrected chi connectivity index (χ1v) is 9.67. The average molecular weight is 361 g/mol. The number of hydrogen-bond donors (Lipinski definition) is 2. The molecule has 1 aromatic heterocycles. The van der Waals surface area contributed by atoms with Crippen molar-refractivity contribution in [1.82, 2.24) is 20.2 Å². The van der Waals surface area contributed by atoms with Gasteiger partial charge in [0.25, 0.3) is 0 Å². The number of nitrogens with zero attached hydrogens (tertiary/aromatic N) is 2. The van der Waals surface area contributed by atoms with Crippen LogP contribution in [0.25, 0.3) is 11.0 Å². The zero-order chi connectivity index (χ0) is 17.2. The van der Waals surface area contributed by atoms with Gasteiger partial charge in [0.15, 0.2) is 0 Å². The zero-order valence-electron chi connectivity index (χ0n) is 14.4. The minimum atomic E-state index is 0.0329. The molecule has 1 saturated heterocycles. The van der Waals surface area contributed by atoms with Gasteiger partial charge in [-0.15, -0.1) is 0 Å². The van der Waals surface area contributed by atoms with Crippen molar-refractivity contribution in [2.45, 2.75) is 32.1 Å². The van der Waals surface area contributed by atoms with Crippen LogP contribution in [0.3, 0.4) is 0 Å². The molecule has 1 aromatic carbocycles. The molecule has 5 nitrogen and oxygen atoms in total. The molecule has 2 heterocycles. The number of H-pyrrole nitrogens is 1. The molecule has 0 bridgehead atoms. The number of piperidine rings is 1. The van der Waals surface area contributed by atoms with Crippen LogP contribution >= 0.6 is 11.6 Å². The number of carbonyl (C=O) groups is 1. The Morgan fingerprint density at radius 2 is 2.04 bits per heavy atom. The fourth-order valence-corrected chi connectivity index (χ4v) is 3.80. The van der Waals surface area contributed by atoms with Crippen molar-refractivity contribution in [2.75, 3.05) is 26.2 Å². The number of aromatic nitrogens is 2. The van der Waals surface area contributed by atoms with E-state index in [1.54, 1.807) is 0 Å². The summed E-state index contributed by atoms with van der Waals surface area (Å²) in [7, 11) is 0. The van der Waals surface area contributed by atoms with E-state index in [1.165, 1.54) is 45.3 Å². The number of hydrogen-bond acceptors (Lipinski definition) is 3. The Balaban J connectivity index is 1.22. The molecule has 25 heavy (non-hydrogen) atoms. The van der Waals surface area contributed by atoms with Crippen molar-refractivity contribution in [3.8, 4) is 0 Å². The van der Waals surface area contributed by atoms with Gasteiger partial charge in [0.1, 0.15) is 5.82 Å². The van der Waals surface area contributed by atoms with Crippen molar-refractivity contribution in [1.29, 1.82) is 0 Å². The highest BCUT2D eigenvalue weighted by molar-refractivity contribution is 6.31. The molecule has 1 saturated carbocycles. The van der Waals surface area contributed by atoms with Crippen LogP contribution in [0.1, 0.15) is 31.5 Å². The van der Waals surface area contributed by atoms with E-state index in [4.69, 9.17) is 11.6 Å². The summed E-state index contributed by atoms with van der Waals surface area (Å²) in [5.74, 6) is 2.29. The number of imidazole rings is 1. The molecule has 2 aromatic rings. The Bertz CT molecular complexity index is 747. The van der Waals surface area contributed by atoms with Gasteiger partial charge >= 0.3 is 0 Å². The second-order valence-corrected chi connectivity index (χ2v) is 7.95. The molecular weight excluding hydrogens is 336 g/mol. The smallest absolute Gasteiger partial charge is 0.227 e. The standard InChI is InChI=1S/C19H25ClN4O/c20-15-3-4-16-17(9-15)23-18(22-16)10-19(25)21-11-13-5-7-24(8-6-13)12-14-1-2-14/h3-4,9,13-14H,1-2,5-8,10-12H2,(H,21,25)(H,22,23). The fraction of sp³-hybridized carbons (Fsp3) is 0.579. The molecule has 4 rings (SSSR count). The number of rotatable bonds is 6. The number of benzene rings is 1. The molecule has 0 radical (unpaired) electrons. The largest absolute Gasteiger partial charge is 0.355 e. The molecule has 2 aliphatic rings. The predicted molar refractivity (Wildman–Crippen MR) is 99.7 cm³/mol. The molecule has 2 N–H and O–H groups in total. The minimum Gasteiger partial charge on any atom is -0.355 e. The van der Waals surface area contributed by atoms with Crippen LogP contribution in [-0.4, -0.2) is 47.0 Å². The maximum Gasteiger partial charge on any atom is 0.227 e. The van der Waals surface area contributed by atoms with E-state index in [0.717, 1.165) is 23.5 Å². The van der Waals surface area contributed by atoms with Crippen LogP contribution in [-0.2, 0) is 11.2 Å².